The summed E-state index contributed by atoms with van der Waals surface area (Å²) < 4.78 is 25.7. The molecule has 0 aliphatic carbocycles. The summed E-state index contributed by atoms with van der Waals surface area (Å²) in [4.78, 5) is 0.0959. The van der Waals surface area contributed by atoms with Crippen LogP contribution in [0.2, 0.25) is 0 Å². The molecule has 4 N–H and O–H groups in total. The second-order valence-electron chi connectivity index (χ2n) is 4.62. The molecule has 0 aromatic heterocycles. The van der Waals surface area contributed by atoms with Crippen LogP contribution in [-0.4, -0.2) is 22.0 Å². The van der Waals surface area contributed by atoms with Crippen LogP contribution in [0, 0.1) is 0 Å². The van der Waals surface area contributed by atoms with Crippen molar-refractivity contribution in [2.24, 2.45) is 0 Å². The average molecular weight is 305 g/mol. The van der Waals surface area contributed by atoms with Crippen molar-refractivity contribution in [2.45, 2.75) is 11.3 Å². The van der Waals surface area contributed by atoms with Gasteiger partial charge in [0.15, 0.2) is 0 Å². The van der Waals surface area contributed by atoms with Crippen LogP contribution in [0.1, 0.15) is 5.56 Å². The van der Waals surface area contributed by atoms with Gasteiger partial charge in [-0.25, -0.2) is 13.1 Å². The van der Waals surface area contributed by atoms with Gasteiger partial charge in [-0.05, 0) is 37.2 Å². The zero-order valence-electron chi connectivity index (χ0n) is 11.8. The van der Waals surface area contributed by atoms with Crippen LogP contribution < -0.4 is 15.8 Å². The smallest absolute Gasteiger partial charge is 0.242 e. The fourth-order valence-electron chi connectivity index (χ4n) is 2.01. The Morgan fingerprint density at radius 2 is 1.81 bits per heavy atom. The molecule has 0 atom stereocenters. The van der Waals surface area contributed by atoms with E-state index in [1.807, 2.05) is 18.2 Å². The van der Waals surface area contributed by atoms with E-state index in [2.05, 4.69) is 22.2 Å². The molecule has 0 aliphatic heterocycles. The molecule has 2 aromatic carbocycles. The van der Waals surface area contributed by atoms with E-state index in [1.54, 1.807) is 12.1 Å². The summed E-state index contributed by atoms with van der Waals surface area (Å²) in [7, 11) is -2.15. The molecule has 2 aromatic rings. The first kappa shape index (κ1) is 15.3. The minimum atomic E-state index is -3.51. The van der Waals surface area contributed by atoms with E-state index >= 15 is 0 Å². The Bertz CT molecular complexity index is 700. The normalized spacial score (nSPS) is 11.3. The van der Waals surface area contributed by atoms with E-state index in [0.29, 0.717) is 0 Å². The number of hydrogen-bond donors (Lipinski definition) is 3. The third kappa shape index (κ3) is 3.96. The number of nitrogens with one attached hydrogen (secondary N) is 2. The molecule has 0 bridgehead atoms. The Balaban J connectivity index is 2.01. The Labute approximate surface area is 125 Å². The van der Waals surface area contributed by atoms with Crippen molar-refractivity contribution in [1.29, 1.82) is 0 Å². The van der Waals surface area contributed by atoms with Gasteiger partial charge < -0.3 is 11.1 Å². The molecule has 0 heterocycles. The van der Waals surface area contributed by atoms with Crippen LogP contribution in [0.25, 0.3) is 0 Å². The fourth-order valence-corrected chi connectivity index (χ4v) is 2.85. The summed E-state index contributed by atoms with van der Waals surface area (Å²) in [6, 6.07) is 15.0. The molecule has 0 fully saturated rings. The molecule has 5 nitrogen and oxygen atoms in total. The molecule has 0 saturated heterocycles. The van der Waals surface area contributed by atoms with Crippen LogP contribution in [0.3, 0.4) is 0 Å². The molecule has 112 valence electrons. The molecular formula is C15H19N3O2S. The maximum atomic E-state index is 11.7. The summed E-state index contributed by atoms with van der Waals surface area (Å²) in [6.07, 6.45) is 0.886. The van der Waals surface area contributed by atoms with E-state index in [-0.39, 0.29) is 10.6 Å². The van der Waals surface area contributed by atoms with Gasteiger partial charge in [-0.15, -0.1) is 0 Å². The number of anilines is 2. The second kappa shape index (κ2) is 6.60. The lowest BCUT2D eigenvalue weighted by atomic mass is 10.1. The van der Waals surface area contributed by atoms with Crippen LogP contribution in [0.5, 0.6) is 0 Å². The highest BCUT2D eigenvalue weighted by atomic mass is 32.2. The quantitative estimate of drug-likeness (QED) is 0.711. The predicted octanol–water partition coefficient (Wildman–Crippen LogP) is 1.83. The molecule has 21 heavy (non-hydrogen) atoms. The molecule has 0 amide bonds. The van der Waals surface area contributed by atoms with Crippen LogP contribution >= 0.6 is 0 Å². The maximum absolute atomic E-state index is 11.7. The van der Waals surface area contributed by atoms with Gasteiger partial charge in [-0.2, -0.15) is 0 Å². The van der Waals surface area contributed by atoms with Crippen LogP contribution in [0.15, 0.2) is 53.4 Å². The number of rotatable bonds is 6. The average Bonchev–Trinajstić information content (AvgIpc) is 2.48. The van der Waals surface area contributed by atoms with E-state index in [0.717, 1.165) is 18.7 Å². The number of sulfonamides is 1. The second-order valence-corrected chi connectivity index (χ2v) is 6.48. The standard InChI is InChI=1S/C15H19N3O2S/c1-17-21(19,20)15-8-7-13(11-14(15)16)18-10-9-12-5-3-2-4-6-12/h2-8,11,17-18H,9-10,16H2,1H3. The lowest BCUT2D eigenvalue weighted by molar-refractivity contribution is 0.588. The summed E-state index contributed by atoms with van der Waals surface area (Å²) in [6.45, 7) is 0.752. The van der Waals surface area contributed by atoms with Gasteiger partial charge in [0.25, 0.3) is 0 Å². The van der Waals surface area contributed by atoms with Crippen molar-refractivity contribution in [3.63, 3.8) is 0 Å². The van der Waals surface area contributed by atoms with Crippen molar-refractivity contribution in [3.8, 4) is 0 Å². The van der Waals surface area contributed by atoms with Crippen molar-refractivity contribution in [3.05, 3.63) is 54.1 Å². The molecule has 0 aliphatic rings. The lowest BCUT2D eigenvalue weighted by Crippen LogP contribution is -2.20. The first-order chi connectivity index (χ1) is 10.0. The molecule has 0 spiro atoms. The van der Waals surface area contributed by atoms with E-state index < -0.39 is 10.0 Å². The van der Waals surface area contributed by atoms with Crippen molar-refractivity contribution in [2.75, 3.05) is 24.6 Å². The first-order valence-corrected chi connectivity index (χ1v) is 8.12. The predicted molar refractivity (Wildman–Crippen MR) is 85.7 cm³/mol. The molecule has 0 saturated carbocycles. The summed E-state index contributed by atoms with van der Waals surface area (Å²) in [5, 5.41) is 3.24. The van der Waals surface area contributed by atoms with Crippen LogP contribution in [-0.2, 0) is 16.4 Å². The van der Waals surface area contributed by atoms with Crippen LogP contribution in [0.4, 0.5) is 11.4 Å². The Hall–Kier alpha value is -2.05. The van der Waals surface area contributed by atoms with Crippen molar-refractivity contribution < 1.29 is 8.42 Å². The van der Waals surface area contributed by atoms with Crippen molar-refractivity contribution >= 4 is 21.4 Å². The number of benzene rings is 2. The molecular weight excluding hydrogens is 286 g/mol. The van der Waals surface area contributed by atoms with E-state index in [4.69, 9.17) is 5.73 Å². The summed E-state index contributed by atoms with van der Waals surface area (Å²) in [5.41, 5.74) is 8.08. The molecule has 0 radical (unpaired) electrons. The highest BCUT2D eigenvalue weighted by Gasteiger charge is 2.14. The Kier molecular flexibility index (Phi) is 4.82. The van der Waals surface area contributed by atoms with Gasteiger partial charge in [-0.3, -0.25) is 0 Å². The summed E-state index contributed by atoms with van der Waals surface area (Å²) >= 11 is 0. The third-order valence-electron chi connectivity index (χ3n) is 3.15. The van der Waals surface area contributed by atoms with Gasteiger partial charge in [0, 0.05) is 12.2 Å². The molecule has 0 unspecified atom stereocenters. The van der Waals surface area contributed by atoms with E-state index in [1.165, 1.54) is 18.7 Å². The SMILES string of the molecule is CNS(=O)(=O)c1ccc(NCCc2ccccc2)cc1N. The van der Waals surface area contributed by atoms with Gasteiger partial charge in [0.1, 0.15) is 4.90 Å². The maximum Gasteiger partial charge on any atom is 0.242 e. The summed E-state index contributed by atoms with van der Waals surface area (Å²) in [5.74, 6) is 0. The fraction of sp³-hybridized carbons (Fsp3) is 0.200. The number of hydrogen-bond acceptors (Lipinski definition) is 4. The Morgan fingerprint density at radius 1 is 1.10 bits per heavy atom. The minimum absolute atomic E-state index is 0.0959. The van der Waals surface area contributed by atoms with Gasteiger partial charge >= 0.3 is 0 Å². The minimum Gasteiger partial charge on any atom is -0.398 e. The molecule has 2 rings (SSSR count). The first-order valence-electron chi connectivity index (χ1n) is 6.64. The number of nitrogens with two attached hydrogens (primary N) is 1. The zero-order valence-corrected chi connectivity index (χ0v) is 12.7. The monoisotopic (exact) mass is 305 g/mol. The van der Waals surface area contributed by atoms with Gasteiger partial charge in [0.2, 0.25) is 10.0 Å². The zero-order chi connectivity index (χ0) is 15.3. The topological polar surface area (TPSA) is 84.2 Å². The Morgan fingerprint density at radius 3 is 2.43 bits per heavy atom. The van der Waals surface area contributed by atoms with Gasteiger partial charge in [-0.1, -0.05) is 30.3 Å². The number of nitrogen functional groups attached to an aromatic ring is 1. The van der Waals surface area contributed by atoms with E-state index in [9.17, 15) is 8.42 Å². The molecule has 6 heteroatoms. The third-order valence-corrected chi connectivity index (χ3v) is 4.64. The lowest BCUT2D eigenvalue weighted by Gasteiger charge is -2.10. The highest BCUT2D eigenvalue weighted by molar-refractivity contribution is 7.89. The highest BCUT2D eigenvalue weighted by Crippen LogP contribution is 2.22. The largest absolute Gasteiger partial charge is 0.398 e. The van der Waals surface area contributed by atoms with Crippen molar-refractivity contribution in [1.82, 2.24) is 4.72 Å². The van der Waals surface area contributed by atoms with Gasteiger partial charge in [0.05, 0.1) is 5.69 Å².